The largest absolute Gasteiger partial charge is 0.460 e. The third kappa shape index (κ3) is 3.36. The van der Waals surface area contributed by atoms with Gasteiger partial charge in [-0.25, -0.2) is 0 Å². The molecule has 0 saturated heterocycles. The Morgan fingerprint density at radius 1 is 1.43 bits per heavy atom. The van der Waals surface area contributed by atoms with E-state index in [-0.39, 0.29) is 0 Å². The average molecular weight is 289 g/mol. The fraction of sp³-hybridized carbons (Fsp3) is 0.562. The molecular weight excluding hydrogens is 266 g/mol. The smallest absolute Gasteiger partial charge is 0.152 e. The van der Waals surface area contributed by atoms with Crippen molar-refractivity contribution in [1.29, 1.82) is 0 Å². The zero-order chi connectivity index (χ0) is 14.7. The third-order valence-corrected chi connectivity index (χ3v) is 4.31. The van der Waals surface area contributed by atoms with Gasteiger partial charge in [-0.3, -0.25) is 5.10 Å². The van der Waals surface area contributed by atoms with Crippen molar-refractivity contribution in [3.05, 3.63) is 29.7 Å². The average Bonchev–Trinajstić information content (AvgIpc) is 2.87. The Kier molecular flexibility index (Phi) is 4.12. The monoisotopic (exact) mass is 289 g/mol. The summed E-state index contributed by atoms with van der Waals surface area (Å²) < 4.78 is 10.9. The normalized spacial score (nSPS) is 16.3. The molecule has 21 heavy (non-hydrogen) atoms. The first-order valence-corrected chi connectivity index (χ1v) is 7.51. The van der Waals surface area contributed by atoms with Gasteiger partial charge in [0.25, 0.3) is 0 Å². The molecule has 5 nitrogen and oxygen atoms in total. The van der Waals surface area contributed by atoms with Crippen molar-refractivity contribution in [2.75, 3.05) is 20.3 Å². The molecule has 1 saturated carbocycles. The maximum Gasteiger partial charge on any atom is 0.152 e. The van der Waals surface area contributed by atoms with Crippen molar-refractivity contribution < 1.29 is 9.15 Å². The van der Waals surface area contributed by atoms with Crippen LogP contribution < -0.4 is 5.32 Å². The highest BCUT2D eigenvalue weighted by molar-refractivity contribution is 5.56. The third-order valence-electron chi connectivity index (χ3n) is 4.31. The second-order valence-electron chi connectivity index (χ2n) is 6.03. The zero-order valence-electron chi connectivity index (χ0n) is 12.7. The van der Waals surface area contributed by atoms with Crippen LogP contribution in [0.5, 0.6) is 0 Å². The first-order chi connectivity index (χ1) is 10.2. The van der Waals surface area contributed by atoms with Crippen molar-refractivity contribution in [1.82, 2.24) is 15.5 Å². The van der Waals surface area contributed by atoms with E-state index in [1.54, 1.807) is 7.11 Å². The maximum atomic E-state index is 5.67. The van der Waals surface area contributed by atoms with Gasteiger partial charge < -0.3 is 14.5 Å². The van der Waals surface area contributed by atoms with E-state index in [4.69, 9.17) is 9.15 Å². The van der Waals surface area contributed by atoms with Gasteiger partial charge in [0.2, 0.25) is 0 Å². The van der Waals surface area contributed by atoms with Gasteiger partial charge in [0.05, 0.1) is 6.20 Å². The topological polar surface area (TPSA) is 63.1 Å². The minimum absolute atomic E-state index is 0.460. The summed E-state index contributed by atoms with van der Waals surface area (Å²) in [6.07, 6.45) is 5.62. The lowest BCUT2D eigenvalue weighted by atomic mass is 10.0. The minimum Gasteiger partial charge on any atom is -0.460 e. The summed E-state index contributed by atoms with van der Waals surface area (Å²) >= 11 is 0. The number of H-pyrrole nitrogens is 1. The van der Waals surface area contributed by atoms with E-state index in [0.29, 0.717) is 5.41 Å². The van der Waals surface area contributed by atoms with Crippen LogP contribution in [0.3, 0.4) is 0 Å². The Balaban J connectivity index is 1.56. The van der Waals surface area contributed by atoms with Gasteiger partial charge in [0.15, 0.2) is 5.76 Å². The molecule has 0 bridgehead atoms. The number of aromatic amines is 1. The summed E-state index contributed by atoms with van der Waals surface area (Å²) in [6, 6.07) is 3.95. The second kappa shape index (κ2) is 6.03. The lowest BCUT2D eigenvalue weighted by molar-refractivity contribution is 0.171. The van der Waals surface area contributed by atoms with Gasteiger partial charge in [-0.2, -0.15) is 5.10 Å². The predicted octanol–water partition coefficient (Wildman–Crippen LogP) is 2.88. The number of nitrogens with one attached hydrogen (secondary N) is 2. The fourth-order valence-electron chi connectivity index (χ4n) is 2.70. The molecule has 3 rings (SSSR count). The molecule has 1 aliphatic rings. The molecule has 0 amide bonds. The Hall–Kier alpha value is -1.59. The van der Waals surface area contributed by atoms with Gasteiger partial charge >= 0.3 is 0 Å². The molecule has 0 radical (unpaired) electrons. The number of nitrogens with zero attached hydrogens (tertiary/aromatic N) is 1. The summed E-state index contributed by atoms with van der Waals surface area (Å²) in [5.41, 5.74) is 2.57. The summed E-state index contributed by atoms with van der Waals surface area (Å²) in [5.74, 6) is 1.76. The number of methoxy groups -OCH3 is 1. The number of furan rings is 1. The van der Waals surface area contributed by atoms with Crippen molar-refractivity contribution in [2.45, 2.75) is 32.7 Å². The molecule has 2 N–H and O–H groups in total. The zero-order valence-corrected chi connectivity index (χ0v) is 12.7. The molecule has 0 atom stereocenters. The minimum atomic E-state index is 0.460. The molecule has 1 aliphatic carbocycles. The summed E-state index contributed by atoms with van der Waals surface area (Å²) in [6.45, 7) is 4.65. The van der Waals surface area contributed by atoms with Crippen LogP contribution >= 0.6 is 0 Å². The van der Waals surface area contributed by atoms with Gasteiger partial charge in [-0.05, 0) is 43.7 Å². The predicted molar refractivity (Wildman–Crippen MR) is 80.9 cm³/mol. The standard InChI is InChI=1S/C16H23N3O2/c1-12-3-4-14(21-12)15-13(10-18-19-15)9-17-11-16(5-6-16)7-8-20-2/h3-4,10,17H,5-9,11H2,1-2H3,(H,18,19). The van der Waals surface area contributed by atoms with Crippen molar-refractivity contribution in [3.8, 4) is 11.5 Å². The second-order valence-corrected chi connectivity index (χ2v) is 6.03. The first kappa shape index (κ1) is 14.4. The number of aromatic nitrogens is 2. The molecule has 0 unspecified atom stereocenters. The molecular formula is C16H23N3O2. The Morgan fingerprint density at radius 3 is 2.95 bits per heavy atom. The van der Waals surface area contributed by atoms with Crippen LogP contribution in [0.15, 0.2) is 22.7 Å². The maximum absolute atomic E-state index is 5.67. The highest BCUT2D eigenvalue weighted by Crippen LogP contribution is 2.48. The van der Waals surface area contributed by atoms with E-state index in [1.807, 2.05) is 25.3 Å². The van der Waals surface area contributed by atoms with E-state index in [9.17, 15) is 0 Å². The highest BCUT2D eigenvalue weighted by atomic mass is 16.5. The molecule has 0 aliphatic heterocycles. The van der Waals surface area contributed by atoms with Gasteiger partial charge in [-0.15, -0.1) is 0 Å². The van der Waals surface area contributed by atoms with Crippen LogP contribution in [0, 0.1) is 12.3 Å². The highest BCUT2D eigenvalue weighted by Gasteiger charge is 2.41. The summed E-state index contributed by atoms with van der Waals surface area (Å²) in [5, 5.41) is 10.7. The lowest BCUT2D eigenvalue weighted by Gasteiger charge is -2.15. The van der Waals surface area contributed by atoms with Gasteiger partial charge in [-0.1, -0.05) is 0 Å². The number of ether oxygens (including phenoxy) is 1. The van der Waals surface area contributed by atoms with Crippen LogP contribution in [0.2, 0.25) is 0 Å². The summed E-state index contributed by atoms with van der Waals surface area (Å²) in [7, 11) is 1.77. The van der Waals surface area contributed by atoms with E-state index < -0.39 is 0 Å². The van der Waals surface area contributed by atoms with Crippen molar-refractivity contribution in [2.24, 2.45) is 5.41 Å². The Bertz CT molecular complexity index is 584. The van der Waals surface area contributed by atoms with E-state index in [0.717, 1.165) is 48.9 Å². The first-order valence-electron chi connectivity index (χ1n) is 7.51. The molecule has 2 aromatic rings. The van der Waals surface area contributed by atoms with Crippen LogP contribution in [-0.2, 0) is 11.3 Å². The number of rotatable bonds is 8. The van der Waals surface area contributed by atoms with Gasteiger partial charge in [0, 0.05) is 32.4 Å². The van der Waals surface area contributed by atoms with Crippen LogP contribution in [-0.4, -0.2) is 30.5 Å². The fourth-order valence-corrected chi connectivity index (χ4v) is 2.70. The Morgan fingerprint density at radius 2 is 2.29 bits per heavy atom. The molecule has 0 spiro atoms. The quantitative estimate of drug-likeness (QED) is 0.784. The molecule has 114 valence electrons. The molecule has 1 fully saturated rings. The Labute approximate surface area is 125 Å². The molecule has 0 aromatic carbocycles. The number of hydrogen-bond donors (Lipinski definition) is 2. The van der Waals surface area contributed by atoms with Crippen molar-refractivity contribution >= 4 is 0 Å². The number of hydrogen-bond acceptors (Lipinski definition) is 4. The van der Waals surface area contributed by atoms with E-state index in [1.165, 1.54) is 12.8 Å². The SMILES string of the molecule is COCCC1(CNCc2cn[nH]c2-c2ccc(C)o2)CC1. The van der Waals surface area contributed by atoms with Crippen LogP contribution in [0.25, 0.3) is 11.5 Å². The van der Waals surface area contributed by atoms with E-state index in [2.05, 4.69) is 15.5 Å². The number of aryl methyl sites for hydroxylation is 1. The molecule has 2 heterocycles. The van der Waals surface area contributed by atoms with E-state index >= 15 is 0 Å². The van der Waals surface area contributed by atoms with Crippen LogP contribution in [0.1, 0.15) is 30.6 Å². The lowest BCUT2D eigenvalue weighted by Crippen LogP contribution is -2.24. The molecule has 2 aromatic heterocycles. The molecule has 5 heteroatoms. The van der Waals surface area contributed by atoms with Crippen molar-refractivity contribution in [3.63, 3.8) is 0 Å². The van der Waals surface area contributed by atoms with Crippen LogP contribution in [0.4, 0.5) is 0 Å². The summed E-state index contributed by atoms with van der Waals surface area (Å²) in [4.78, 5) is 0. The van der Waals surface area contributed by atoms with Gasteiger partial charge in [0.1, 0.15) is 11.5 Å².